The van der Waals surface area contributed by atoms with Gasteiger partial charge in [-0.15, -0.1) is 0 Å². The zero-order valence-corrected chi connectivity index (χ0v) is 9.66. The van der Waals surface area contributed by atoms with E-state index < -0.39 is 0 Å². The van der Waals surface area contributed by atoms with E-state index in [1.54, 1.807) is 0 Å². The summed E-state index contributed by atoms with van der Waals surface area (Å²) >= 11 is 0. The second kappa shape index (κ2) is 5.69. The van der Waals surface area contributed by atoms with Gasteiger partial charge in [0.2, 0.25) is 0 Å². The molecule has 84 valence electrons. The third-order valence-electron chi connectivity index (χ3n) is 2.85. The van der Waals surface area contributed by atoms with Gasteiger partial charge in [0, 0.05) is 26.2 Å². The highest BCUT2D eigenvalue weighted by atomic mass is 16.3. The first-order chi connectivity index (χ1) is 6.61. The number of aliphatic hydroxyl groups excluding tert-OH is 1. The van der Waals surface area contributed by atoms with Crippen LogP contribution in [0.15, 0.2) is 0 Å². The van der Waals surface area contributed by atoms with Crippen LogP contribution in [0.4, 0.5) is 0 Å². The Morgan fingerprint density at radius 3 is 2.43 bits per heavy atom. The van der Waals surface area contributed by atoms with E-state index in [4.69, 9.17) is 0 Å². The van der Waals surface area contributed by atoms with Crippen molar-refractivity contribution in [2.45, 2.75) is 26.4 Å². The number of hydrogen-bond donors (Lipinski definition) is 2. The Balaban J connectivity index is 2.29. The van der Waals surface area contributed by atoms with Gasteiger partial charge in [0.1, 0.15) is 0 Å². The number of rotatable bonds is 4. The van der Waals surface area contributed by atoms with Crippen LogP contribution in [0, 0.1) is 11.8 Å². The van der Waals surface area contributed by atoms with Crippen molar-refractivity contribution in [3.05, 3.63) is 0 Å². The number of aliphatic hydroxyl groups is 1. The second-order valence-electron chi connectivity index (χ2n) is 4.88. The SMILES string of the molecule is CNCC(O)CN1CC(C)CC(C)C1. The number of likely N-dealkylation sites (tertiary alicyclic amines) is 1. The molecule has 0 aromatic rings. The average molecular weight is 200 g/mol. The summed E-state index contributed by atoms with van der Waals surface area (Å²) in [4.78, 5) is 2.39. The Kier molecular flexibility index (Phi) is 4.85. The predicted octanol–water partition coefficient (Wildman–Crippen LogP) is 0.545. The Morgan fingerprint density at radius 1 is 1.36 bits per heavy atom. The number of β-amino-alcohol motifs (C(OH)–C–C–N with tert-alkyl or cyclic N) is 1. The number of likely N-dealkylation sites (N-methyl/N-ethyl adjacent to an activating group) is 1. The van der Waals surface area contributed by atoms with Crippen molar-refractivity contribution in [3.8, 4) is 0 Å². The molecule has 1 aliphatic heterocycles. The van der Waals surface area contributed by atoms with Crippen LogP contribution in [-0.4, -0.2) is 49.3 Å². The van der Waals surface area contributed by atoms with Gasteiger partial charge in [0.25, 0.3) is 0 Å². The molecule has 0 saturated carbocycles. The highest BCUT2D eigenvalue weighted by Crippen LogP contribution is 2.20. The number of piperidine rings is 1. The summed E-state index contributed by atoms with van der Waals surface area (Å²) in [6.07, 6.45) is 1.11. The third-order valence-corrected chi connectivity index (χ3v) is 2.85. The molecule has 0 aliphatic carbocycles. The fraction of sp³-hybridized carbons (Fsp3) is 1.00. The van der Waals surface area contributed by atoms with Crippen LogP contribution >= 0.6 is 0 Å². The summed E-state index contributed by atoms with van der Waals surface area (Å²) in [6, 6.07) is 0. The fourth-order valence-electron chi connectivity index (χ4n) is 2.54. The van der Waals surface area contributed by atoms with E-state index in [0.717, 1.165) is 31.5 Å². The van der Waals surface area contributed by atoms with Crippen LogP contribution in [0.3, 0.4) is 0 Å². The second-order valence-corrected chi connectivity index (χ2v) is 4.88. The van der Waals surface area contributed by atoms with Gasteiger partial charge in [0.05, 0.1) is 6.10 Å². The first-order valence-electron chi connectivity index (χ1n) is 5.66. The Labute approximate surface area is 87.5 Å². The summed E-state index contributed by atoms with van der Waals surface area (Å²) in [5.41, 5.74) is 0. The standard InChI is InChI=1S/C11H24N2O/c1-9-4-10(2)7-13(6-9)8-11(14)5-12-3/h9-12,14H,4-8H2,1-3H3. The smallest absolute Gasteiger partial charge is 0.0791 e. The van der Waals surface area contributed by atoms with Gasteiger partial charge in [-0.1, -0.05) is 13.8 Å². The summed E-state index contributed by atoms with van der Waals surface area (Å²) in [6.45, 7) is 8.39. The monoisotopic (exact) mass is 200 g/mol. The van der Waals surface area contributed by atoms with Gasteiger partial charge >= 0.3 is 0 Å². The lowest BCUT2D eigenvalue weighted by molar-refractivity contribution is 0.0709. The van der Waals surface area contributed by atoms with Gasteiger partial charge < -0.3 is 15.3 Å². The van der Waals surface area contributed by atoms with Crippen LogP contribution in [0.1, 0.15) is 20.3 Å². The Bertz CT molecular complexity index is 153. The molecular weight excluding hydrogens is 176 g/mol. The molecule has 2 N–H and O–H groups in total. The maximum Gasteiger partial charge on any atom is 0.0791 e. The summed E-state index contributed by atoms with van der Waals surface area (Å²) in [5, 5.41) is 12.7. The molecule has 14 heavy (non-hydrogen) atoms. The molecule has 1 aliphatic rings. The summed E-state index contributed by atoms with van der Waals surface area (Å²) < 4.78 is 0. The van der Waals surface area contributed by atoms with Gasteiger partial charge in [-0.3, -0.25) is 0 Å². The van der Waals surface area contributed by atoms with E-state index >= 15 is 0 Å². The largest absolute Gasteiger partial charge is 0.390 e. The molecule has 1 fully saturated rings. The molecule has 0 radical (unpaired) electrons. The first-order valence-corrected chi connectivity index (χ1v) is 5.66. The van der Waals surface area contributed by atoms with Crippen LogP contribution in [0.5, 0.6) is 0 Å². The molecule has 0 bridgehead atoms. The van der Waals surface area contributed by atoms with Crippen LogP contribution in [-0.2, 0) is 0 Å². The van der Waals surface area contributed by atoms with Crippen molar-refractivity contribution < 1.29 is 5.11 Å². The van der Waals surface area contributed by atoms with E-state index in [2.05, 4.69) is 24.1 Å². The van der Waals surface area contributed by atoms with Crippen molar-refractivity contribution in [3.63, 3.8) is 0 Å². The minimum Gasteiger partial charge on any atom is -0.390 e. The maximum absolute atomic E-state index is 9.67. The molecule has 3 nitrogen and oxygen atoms in total. The topological polar surface area (TPSA) is 35.5 Å². The van der Waals surface area contributed by atoms with Gasteiger partial charge in [-0.2, -0.15) is 0 Å². The lowest BCUT2D eigenvalue weighted by Gasteiger charge is -2.35. The van der Waals surface area contributed by atoms with Crippen molar-refractivity contribution >= 4 is 0 Å². The fourth-order valence-corrected chi connectivity index (χ4v) is 2.54. The molecule has 1 heterocycles. The highest BCUT2D eigenvalue weighted by Gasteiger charge is 2.22. The van der Waals surface area contributed by atoms with Crippen molar-refractivity contribution in [1.82, 2.24) is 10.2 Å². The van der Waals surface area contributed by atoms with E-state index in [9.17, 15) is 5.11 Å². The molecule has 3 unspecified atom stereocenters. The lowest BCUT2D eigenvalue weighted by atomic mass is 9.92. The Hall–Kier alpha value is -0.120. The third kappa shape index (κ3) is 3.95. The average Bonchev–Trinajstić information content (AvgIpc) is 2.01. The van der Waals surface area contributed by atoms with Crippen LogP contribution in [0.25, 0.3) is 0 Å². The minimum absolute atomic E-state index is 0.225. The quantitative estimate of drug-likeness (QED) is 0.695. The molecule has 0 spiro atoms. The number of nitrogens with zero attached hydrogens (tertiary/aromatic N) is 1. The molecular formula is C11H24N2O. The van der Waals surface area contributed by atoms with Crippen molar-refractivity contribution in [2.24, 2.45) is 11.8 Å². The van der Waals surface area contributed by atoms with E-state index in [1.807, 2.05) is 7.05 Å². The summed E-state index contributed by atoms with van der Waals surface area (Å²) in [7, 11) is 1.88. The van der Waals surface area contributed by atoms with Crippen LogP contribution < -0.4 is 5.32 Å². The molecule has 3 heteroatoms. The first kappa shape index (κ1) is 12.0. The highest BCUT2D eigenvalue weighted by molar-refractivity contribution is 4.76. The molecule has 1 rings (SSSR count). The van der Waals surface area contributed by atoms with E-state index in [-0.39, 0.29) is 6.10 Å². The normalized spacial score (nSPS) is 31.7. The Morgan fingerprint density at radius 2 is 1.93 bits per heavy atom. The lowest BCUT2D eigenvalue weighted by Crippen LogP contribution is -2.44. The van der Waals surface area contributed by atoms with Gasteiger partial charge in [0.15, 0.2) is 0 Å². The molecule has 0 aromatic heterocycles. The minimum atomic E-state index is -0.225. The van der Waals surface area contributed by atoms with Crippen molar-refractivity contribution in [2.75, 3.05) is 33.2 Å². The molecule has 1 saturated heterocycles. The summed E-state index contributed by atoms with van der Waals surface area (Å²) in [5.74, 6) is 1.56. The zero-order chi connectivity index (χ0) is 10.6. The van der Waals surface area contributed by atoms with E-state index in [1.165, 1.54) is 6.42 Å². The van der Waals surface area contributed by atoms with Gasteiger partial charge in [-0.05, 0) is 25.3 Å². The van der Waals surface area contributed by atoms with Crippen molar-refractivity contribution in [1.29, 1.82) is 0 Å². The molecule has 0 aromatic carbocycles. The predicted molar refractivity (Wildman–Crippen MR) is 59.3 cm³/mol. The zero-order valence-electron chi connectivity index (χ0n) is 9.66. The molecule has 3 atom stereocenters. The number of hydrogen-bond acceptors (Lipinski definition) is 3. The van der Waals surface area contributed by atoms with Crippen LogP contribution in [0.2, 0.25) is 0 Å². The number of nitrogens with one attached hydrogen (secondary N) is 1. The van der Waals surface area contributed by atoms with E-state index in [0.29, 0.717) is 6.54 Å². The molecule has 0 amide bonds. The van der Waals surface area contributed by atoms with Gasteiger partial charge in [-0.25, -0.2) is 0 Å². The maximum atomic E-state index is 9.67.